The van der Waals surface area contributed by atoms with Gasteiger partial charge >= 0.3 is 12.1 Å². The van der Waals surface area contributed by atoms with Crippen molar-refractivity contribution in [2.75, 3.05) is 26.7 Å². The molecule has 0 aliphatic carbocycles. The lowest BCUT2D eigenvalue weighted by molar-refractivity contribution is 0.0909. The molecule has 1 atom stereocenters. The molecular weight excluding hydrogens is 356 g/mol. The predicted molar refractivity (Wildman–Crippen MR) is 104 cm³/mol. The van der Waals surface area contributed by atoms with Crippen LogP contribution in [0.1, 0.15) is 29.7 Å². The Morgan fingerprint density at radius 2 is 2.11 bits per heavy atom. The smallest absolute Gasteiger partial charge is 0.410 e. The maximum Gasteiger partial charge on any atom is 0.410 e. The van der Waals surface area contributed by atoms with Crippen LogP contribution < -0.4 is 4.74 Å². The van der Waals surface area contributed by atoms with Gasteiger partial charge in [-0.05, 0) is 44.0 Å². The van der Waals surface area contributed by atoms with Gasteiger partial charge in [0.2, 0.25) is 0 Å². The van der Waals surface area contributed by atoms with Crippen LogP contribution in [0.15, 0.2) is 36.5 Å². The summed E-state index contributed by atoms with van der Waals surface area (Å²) in [6.07, 6.45) is 4.57. The zero-order valence-corrected chi connectivity index (χ0v) is 16.2. The highest BCUT2D eigenvalue weighted by Gasteiger charge is 2.25. The Bertz CT molecular complexity index is 815. The number of ether oxygens (including phenoxy) is 2. The summed E-state index contributed by atoms with van der Waals surface area (Å²) in [4.78, 5) is 25.3. The molecule has 3 heterocycles. The van der Waals surface area contributed by atoms with Gasteiger partial charge in [-0.3, -0.25) is 0 Å². The van der Waals surface area contributed by atoms with E-state index in [-0.39, 0.29) is 12.7 Å². The molecule has 148 valence electrons. The number of rotatable bonds is 5. The molecule has 0 radical (unpaired) electrons. The largest absolute Gasteiger partial charge is 0.462 e. The minimum Gasteiger partial charge on any atom is -0.462 e. The number of fused-ring (bicyclic) bond motifs is 1. The predicted octanol–water partition coefficient (Wildman–Crippen LogP) is 2.64. The molecule has 0 saturated carbocycles. The minimum atomic E-state index is -0.317. The molecule has 1 fully saturated rings. The van der Waals surface area contributed by atoms with Crippen molar-refractivity contribution in [1.29, 1.82) is 0 Å². The van der Waals surface area contributed by atoms with Gasteiger partial charge < -0.3 is 19.3 Å². The first-order chi connectivity index (χ1) is 13.7. The maximum atomic E-state index is 12.4. The molecule has 0 N–H and O–H groups in total. The van der Waals surface area contributed by atoms with Gasteiger partial charge in [-0.1, -0.05) is 30.3 Å². The molecule has 4 rings (SSSR count). The van der Waals surface area contributed by atoms with E-state index < -0.39 is 0 Å². The first-order valence-corrected chi connectivity index (χ1v) is 9.82. The van der Waals surface area contributed by atoms with Crippen LogP contribution in [0.25, 0.3) is 0 Å². The van der Waals surface area contributed by atoms with Gasteiger partial charge in [0.05, 0.1) is 12.2 Å². The number of likely N-dealkylation sites (N-methyl/N-ethyl adjacent to an activating group) is 1. The van der Waals surface area contributed by atoms with E-state index in [1.165, 1.54) is 6.42 Å². The summed E-state index contributed by atoms with van der Waals surface area (Å²) in [7, 11) is 2.12. The number of carbonyl (C=O) groups is 1. The Morgan fingerprint density at radius 1 is 1.25 bits per heavy atom. The zero-order valence-electron chi connectivity index (χ0n) is 16.2. The van der Waals surface area contributed by atoms with Crippen LogP contribution in [0.3, 0.4) is 0 Å². The van der Waals surface area contributed by atoms with Gasteiger partial charge in [0.25, 0.3) is 0 Å². The fourth-order valence-corrected chi connectivity index (χ4v) is 3.68. The number of nitrogens with zero attached hydrogens (tertiary/aromatic N) is 4. The number of likely N-dealkylation sites (tertiary alicyclic amines) is 1. The summed E-state index contributed by atoms with van der Waals surface area (Å²) < 4.78 is 11.3. The standard InChI is InChI=1S/C21H26N4O3/c1-24-10-5-8-18(24)15-27-20-22-12-17-9-11-25(13-19(17)23-20)21(26)28-14-16-6-3-2-4-7-16/h2-4,6-7,12,18H,5,8-11,13-15H2,1H3/t18-/m0/s1. The number of aromatic nitrogens is 2. The Morgan fingerprint density at radius 3 is 2.89 bits per heavy atom. The fraction of sp³-hybridized carbons (Fsp3) is 0.476. The molecule has 1 aromatic carbocycles. The molecule has 0 spiro atoms. The lowest BCUT2D eigenvalue weighted by Crippen LogP contribution is -2.37. The van der Waals surface area contributed by atoms with Gasteiger partial charge in [0, 0.05) is 18.8 Å². The number of hydrogen-bond donors (Lipinski definition) is 0. The summed E-state index contributed by atoms with van der Waals surface area (Å²) in [6, 6.07) is 10.5. The first kappa shape index (κ1) is 18.7. The van der Waals surface area contributed by atoms with Crippen molar-refractivity contribution < 1.29 is 14.3 Å². The normalized spacial score (nSPS) is 19.3. The van der Waals surface area contributed by atoms with E-state index in [9.17, 15) is 4.79 Å². The quantitative estimate of drug-likeness (QED) is 0.792. The highest BCUT2D eigenvalue weighted by atomic mass is 16.6. The van der Waals surface area contributed by atoms with Crippen molar-refractivity contribution in [2.24, 2.45) is 0 Å². The van der Waals surface area contributed by atoms with E-state index in [0.29, 0.717) is 31.7 Å². The third-order valence-electron chi connectivity index (χ3n) is 5.46. The van der Waals surface area contributed by atoms with Gasteiger partial charge in [-0.25, -0.2) is 9.78 Å². The second kappa shape index (κ2) is 8.56. The molecule has 0 bridgehead atoms. The minimum absolute atomic E-state index is 0.274. The Balaban J connectivity index is 1.33. The van der Waals surface area contributed by atoms with E-state index >= 15 is 0 Å². The van der Waals surface area contributed by atoms with Crippen LogP contribution in [0.4, 0.5) is 4.79 Å². The number of carbonyl (C=O) groups excluding carboxylic acids is 1. The van der Waals surface area contributed by atoms with E-state index in [1.54, 1.807) is 4.90 Å². The fourth-order valence-electron chi connectivity index (χ4n) is 3.68. The summed E-state index contributed by atoms with van der Waals surface area (Å²) in [5, 5.41) is 0. The molecule has 1 saturated heterocycles. The van der Waals surface area contributed by atoms with Crippen molar-refractivity contribution in [3.63, 3.8) is 0 Å². The average Bonchev–Trinajstić information content (AvgIpc) is 3.15. The van der Waals surface area contributed by atoms with Crippen LogP contribution in [-0.2, 0) is 24.3 Å². The van der Waals surface area contributed by atoms with Crippen molar-refractivity contribution in [1.82, 2.24) is 19.8 Å². The Labute approximate surface area is 165 Å². The van der Waals surface area contributed by atoms with E-state index in [2.05, 4.69) is 21.9 Å². The van der Waals surface area contributed by atoms with Crippen LogP contribution >= 0.6 is 0 Å². The molecule has 2 aromatic rings. The number of benzene rings is 1. The molecule has 1 amide bonds. The Kier molecular flexibility index (Phi) is 5.71. The van der Waals surface area contributed by atoms with E-state index in [0.717, 1.165) is 36.2 Å². The molecule has 28 heavy (non-hydrogen) atoms. The summed E-state index contributed by atoms with van der Waals surface area (Å²) in [5.41, 5.74) is 2.88. The third kappa shape index (κ3) is 4.42. The monoisotopic (exact) mass is 382 g/mol. The van der Waals surface area contributed by atoms with Crippen molar-refractivity contribution in [3.8, 4) is 6.01 Å². The third-order valence-corrected chi connectivity index (χ3v) is 5.46. The topological polar surface area (TPSA) is 67.8 Å². The van der Waals surface area contributed by atoms with Gasteiger partial charge in [0.15, 0.2) is 0 Å². The highest BCUT2D eigenvalue weighted by molar-refractivity contribution is 5.68. The molecular formula is C21H26N4O3. The molecule has 2 aliphatic heterocycles. The van der Waals surface area contributed by atoms with Crippen molar-refractivity contribution in [2.45, 2.75) is 38.5 Å². The summed E-state index contributed by atoms with van der Waals surface area (Å²) in [5.74, 6) is 0. The van der Waals surface area contributed by atoms with Crippen molar-refractivity contribution in [3.05, 3.63) is 53.3 Å². The van der Waals surface area contributed by atoms with Gasteiger partial charge in [-0.15, -0.1) is 0 Å². The lowest BCUT2D eigenvalue weighted by Gasteiger charge is -2.27. The average molecular weight is 382 g/mol. The van der Waals surface area contributed by atoms with Gasteiger partial charge in [-0.2, -0.15) is 4.98 Å². The van der Waals surface area contributed by atoms with Crippen LogP contribution in [0, 0.1) is 0 Å². The van der Waals surface area contributed by atoms with Crippen LogP contribution in [-0.4, -0.2) is 58.6 Å². The molecule has 0 unspecified atom stereocenters. The second-order valence-electron chi connectivity index (χ2n) is 7.42. The number of hydrogen-bond acceptors (Lipinski definition) is 6. The van der Waals surface area contributed by atoms with E-state index in [4.69, 9.17) is 9.47 Å². The summed E-state index contributed by atoms with van der Waals surface area (Å²) in [6.45, 7) is 3.01. The first-order valence-electron chi connectivity index (χ1n) is 9.82. The summed E-state index contributed by atoms with van der Waals surface area (Å²) >= 11 is 0. The molecule has 7 nitrogen and oxygen atoms in total. The van der Waals surface area contributed by atoms with Crippen LogP contribution in [0.5, 0.6) is 6.01 Å². The molecule has 2 aliphatic rings. The zero-order chi connectivity index (χ0) is 19.3. The van der Waals surface area contributed by atoms with E-state index in [1.807, 2.05) is 36.5 Å². The molecule has 1 aromatic heterocycles. The highest BCUT2D eigenvalue weighted by Crippen LogP contribution is 2.20. The maximum absolute atomic E-state index is 12.4. The molecule has 7 heteroatoms. The number of amides is 1. The van der Waals surface area contributed by atoms with Crippen molar-refractivity contribution >= 4 is 6.09 Å². The lowest BCUT2D eigenvalue weighted by atomic mass is 10.1. The van der Waals surface area contributed by atoms with Crippen LogP contribution in [0.2, 0.25) is 0 Å². The SMILES string of the molecule is CN1CCC[C@H]1COc1ncc2c(n1)CN(C(=O)OCc1ccccc1)CC2. The second-order valence-corrected chi connectivity index (χ2v) is 7.42. The van der Waals surface area contributed by atoms with Gasteiger partial charge in [0.1, 0.15) is 13.2 Å². The Hall–Kier alpha value is -2.67.